The number of fused-ring (bicyclic) bond motifs is 2. The molecule has 138 valence electrons. The Morgan fingerprint density at radius 2 is 1.63 bits per heavy atom. The summed E-state index contributed by atoms with van der Waals surface area (Å²) in [7, 11) is 0. The van der Waals surface area contributed by atoms with Crippen LogP contribution in [0.1, 0.15) is 29.5 Å². The van der Waals surface area contributed by atoms with Gasteiger partial charge in [-0.3, -0.25) is 9.58 Å². The lowest BCUT2D eigenvalue weighted by molar-refractivity contribution is 0.162. The van der Waals surface area contributed by atoms with Gasteiger partial charge in [0.15, 0.2) is 0 Å². The Bertz CT molecular complexity index is 890. The zero-order chi connectivity index (χ0) is 18.1. The van der Waals surface area contributed by atoms with E-state index in [-0.39, 0.29) is 0 Å². The molecule has 1 spiro atoms. The van der Waals surface area contributed by atoms with Gasteiger partial charge < -0.3 is 5.32 Å². The van der Waals surface area contributed by atoms with Crippen molar-refractivity contribution in [2.75, 3.05) is 25.0 Å². The summed E-state index contributed by atoms with van der Waals surface area (Å²) in [4.78, 5) is 2.61. The monoisotopic (exact) mass is 358 g/mol. The maximum Gasteiger partial charge on any atom is 0.0659 e. The number of piperidine rings is 1. The predicted molar refractivity (Wildman–Crippen MR) is 109 cm³/mol. The molecule has 2 aromatic carbocycles. The fraction of sp³-hybridized carbons (Fsp3) is 0.348. The highest BCUT2D eigenvalue weighted by atomic mass is 15.3. The molecule has 2 aliphatic heterocycles. The lowest BCUT2D eigenvalue weighted by Gasteiger charge is -2.39. The minimum atomic E-state index is 0.348. The van der Waals surface area contributed by atoms with Crippen molar-refractivity contribution in [2.24, 2.45) is 0 Å². The number of likely N-dealkylation sites (tertiary alicyclic amines) is 1. The second kappa shape index (κ2) is 6.86. The molecule has 4 heteroatoms. The van der Waals surface area contributed by atoms with E-state index >= 15 is 0 Å². The Morgan fingerprint density at radius 3 is 2.37 bits per heavy atom. The molecule has 4 nitrogen and oxygen atoms in total. The first-order valence-electron chi connectivity index (χ1n) is 9.92. The third kappa shape index (κ3) is 3.26. The fourth-order valence-electron chi connectivity index (χ4n) is 4.63. The van der Waals surface area contributed by atoms with Crippen LogP contribution in [0.15, 0.2) is 67.0 Å². The third-order valence-electron chi connectivity index (χ3n) is 6.26. The summed E-state index contributed by atoms with van der Waals surface area (Å²) in [5.74, 6) is 0. The molecule has 0 bridgehead atoms. The highest BCUT2D eigenvalue weighted by Gasteiger charge is 2.40. The Morgan fingerprint density at radius 1 is 0.889 bits per heavy atom. The van der Waals surface area contributed by atoms with Crippen molar-refractivity contribution in [1.29, 1.82) is 0 Å². The molecule has 27 heavy (non-hydrogen) atoms. The van der Waals surface area contributed by atoms with Gasteiger partial charge in [-0.05, 0) is 54.8 Å². The van der Waals surface area contributed by atoms with Gasteiger partial charge in [-0.2, -0.15) is 5.10 Å². The molecule has 5 rings (SSSR count). The quantitative estimate of drug-likeness (QED) is 0.768. The molecule has 0 radical (unpaired) electrons. The largest absolute Gasteiger partial charge is 0.384 e. The Hall–Kier alpha value is -2.59. The number of aromatic nitrogens is 2. The molecule has 1 fully saturated rings. The first-order valence-corrected chi connectivity index (χ1v) is 9.92. The van der Waals surface area contributed by atoms with Gasteiger partial charge in [0.2, 0.25) is 0 Å². The third-order valence-corrected chi connectivity index (χ3v) is 6.26. The van der Waals surface area contributed by atoms with E-state index in [1.54, 1.807) is 0 Å². The predicted octanol–water partition coefficient (Wildman–Crippen LogP) is 3.89. The standard InChI is InChI=1S/C23H26N4/c1-2-5-22-21(4-1)23(18-24-22)10-14-26(15-11-23)16-19-6-8-20(9-7-19)17-27-13-3-12-25-27/h1-9,12-13,24H,10-11,14-18H2. The van der Waals surface area contributed by atoms with Crippen molar-refractivity contribution in [3.8, 4) is 0 Å². The van der Waals surface area contributed by atoms with E-state index in [1.165, 1.54) is 48.3 Å². The molecular formula is C23H26N4. The highest BCUT2D eigenvalue weighted by Crippen LogP contribution is 2.43. The summed E-state index contributed by atoms with van der Waals surface area (Å²) in [5.41, 5.74) is 5.93. The van der Waals surface area contributed by atoms with Crippen LogP contribution < -0.4 is 5.32 Å². The SMILES string of the molecule is c1ccc2c(c1)NCC21CCN(Cc2ccc(Cn3cccn3)cc2)CC1. The van der Waals surface area contributed by atoms with Crippen LogP contribution in [0.5, 0.6) is 0 Å². The van der Waals surface area contributed by atoms with Crippen LogP contribution in [0.2, 0.25) is 0 Å². The van der Waals surface area contributed by atoms with Gasteiger partial charge in [-0.25, -0.2) is 0 Å². The van der Waals surface area contributed by atoms with Gasteiger partial charge in [0.25, 0.3) is 0 Å². The molecule has 0 aliphatic carbocycles. The molecule has 0 saturated carbocycles. The zero-order valence-electron chi connectivity index (χ0n) is 15.6. The van der Waals surface area contributed by atoms with Crippen LogP contribution in [0, 0.1) is 0 Å². The number of para-hydroxylation sites is 1. The van der Waals surface area contributed by atoms with E-state index in [9.17, 15) is 0 Å². The van der Waals surface area contributed by atoms with E-state index < -0.39 is 0 Å². The number of nitrogens with one attached hydrogen (secondary N) is 1. The van der Waals surface area contributed by atoms with Crippen molar-refractivity contribution >= 4 is 5.69 Å². The van der Waals surface area contributed by atoms with E-state index in [2.05, 4.69) is 63.8 Å². The van der Waals surface area contributed by atoms with Gasteiger partial charge in [0.1, 0.15) is 0 Å². The molecular weight excluding hydrogens is 332 g/mol. The van der Waals surface area contributed by atoms with E-state index in [0.29, 0.717) is 5.41 Å². The molecule has 0 atom stereocenters. The topological polar surface area (TPSA) is 33.1 Å². The fourth-order valence-corrected chi connectivity index (χ4v) is 4.63. The highest BCUT2D eigenvalue weighted by molar-refractivity contribution is 5.60. The van der Waals surface area contributed by atoms with Crippen LogP contribution in [-0.4, -0.2) is 34.3 Å². The summed E-state index contributed by atoms with van der Waals surface area (Å²) in [5, 5.41) is 7.91. The van der Waals surface area contributed by atoms with Crippen LogP contribution >= 0.6 is 0 Å². The van der Waals surface area contributed by atoms with Crippen molar-refractivity contribution in [1.82, 2.24) is 14.7 Å². The normalized spacial score (nSPS) is 18.4. The molecule has 2 aliphatic rings. The number of hydrogen-bond donors (Lipinski definition) is 1. The average molecular weight is 358 g/mol. The van der Waals surface area contributed by atoms with E-state index in [0.717, 1.165) is 19.6 Å². The molecule has 0 unspecified atom stereocenters. The van der Waals surface area contributed by atoms with Crippen LogP contribution in [-0.2, 0) is 18.5 Å². The van der Waals surface area contributed by atoms with E-state index in [1.807, 2.05) is 23.1 Å². The Balaban J connectivity index is 1.20. The zero-order valence-corrected chi connectivity index (χ0v) is 15.6. The summed E-state index contributed by atoms with van der Waals surface area (Å²) < 4.78 is 1.96. The minimum Gasteiger partial charge on any atom is -0.384 e. The second-order valence-corrected chi connectivity index (χ2v) is 7.98. The first-order chi connectivity index (χ1) is 13.3. The Kier molecular flexibility index (Phi) is 4.21. The van der Waals surface area contributed by atoms with Crippen molar-refractivity contribution in [3.05, 3.63) is 83.7 Å². The summed E-state index contributed by atoms with van der Waals surface area (Å²) in [6.07, 6.45) is 6.33. The van der Waals surface area contributed by atoms with Gasteiger partial charge in [-0.1, -0.05) is 42.5 Å². The van der Waals surface area contributed by atoms with Gasteiger partial charge in [0, 0.05) is 36.6 Å². The van der Waals surface area contributed by atoms with Crippen molar-refractivity contribution in [2.45, 2.75) is 31.3 Å². The summed E-state index contributed by atoms with van der Waals surface area (Å²) in [6.45, 7) is 5.33. The maximum atomic E-state index is 4.28. The lowest BCUT2D eigenvalue weighted by atomic mass is 9.74. The number of benzene rings is 2. The summed E-state index contributed by atoms with van der Waals surface area (Å²) in [6, 6.07) is 19.9. The molecule has 3 aromatic rings. The average Bonchev–Trinajstić information content (AvgIpc) is 3.34. The lowest BCUT2D eigenvalue weighted by Crippen LogP contribution is -2.43. The van der Waals surface area contributed by atoms with Crippen LogP contribution in [0.25, 0.3) is 0 Å². The maximum absolute atomic E-state index is 4.28. The van der Waals surface area contributed by atoms with Gasteiger partial charge in [-0.15, -0.1) is 0 Å². The molecule has 1 N–H and O–H groups in total. The number of anilines is 1. The first kappa shape index (κ1) is 16.6. The van der Waals surface area contributed by atoms with Gasteiger partial charge in [0.05, 0.1) is 6.54 Å². The number of nitrogens with zero attached hydrogens (tertiary/aromatic N) is 3. The van der Waals surface area contributed by atoms with E-state index in [4.69, 9.17) is 0 Å². The van der Waals surface area contributed by atoms with Gasteiger partial charge >= 0.3 is 0 Å². The van der Waals surface area contributed by atoms with Crippen molar-refractivity contribution in [3.63, 3.8) is 0 Å². The Labute approximate surface area is 160 Å². The molecule has 0 amide bonds. The smallest absolute Gasteiger partial charge is 0.0659 e. The number of hydrogen-bond acceptors (Lipinski definition) is 3. The van der Waals surface area contributed by atoms with Crippen LogP contribution in [0.4, 0.5) is 5.69 Å². The number of rotatable bonds is 4. The molecule has 1 saturated heterocycles. The summed E-state index contributed by atoms with van der Waals surface area (Å²) >= 11 is 0. The van der Waals surface area contributed by atoms with Crippen LogP contribution in [0.3, 0.4) is 0 Å². The molecule has 1 aromatic heterocycles. The second-order valence-electron chi connectivity index (χ2n) is 7.98. The van der Waals surface area contributed by atoms with Crippen molar-refractivity contribution < 1.29 is 0 Å². The minimum absolute atomic E-state index is 0.348. The molecule has 3 heterocycles.